The Kier molecular flexibility index (Phi) is 4.88. The van der Waals surface area contributed by atoms with E-state index < -0.39 is 11.8 Å². The number of hydrogen-bond acceptors (Lipinski definition) is 2. The topological polar surface area (TPSA) is 53.2 Å². The van der Waals surface area contributed by atoms with E-state index in [9.17, 15) is 9.18 Å². The highest BCUT2D eigenvalue weighted by molar-refractivity contribution is 5.99. The van der Waals surface area contributed by atoms with Gasteiger partial charge in [-0.15, -0.1) is 0 Å². The molecule has 2 aromatic carbocycles. The van der Waals surface area contributed by atoms with Gasteiger partial charge in [-0.05, 0) is 61.7 Å². The Morgan fingerprint density at radius 1 is 1.00 bits per heavy atom. The highest BCUT2D eigenvalue weighted by atomic mass is 19.1. The van der Waals surface area contributed by atoms with Gasteiger partial charge in [-0.1, -0.05) is 24.3 Å². The van der Waals surface area contributed by atoms with Crippen LogP contribution in [-0.2, 0) is 0 Å². The van der Waals surface area contributed by atoms with Crippen molar-refractivity contribution in [3.05, 3.63) is 59.9 Å². The van der Waals surface area contributed by atoms with Gasteiger partial charge in [0.1, 0.15) is 5.82 Å². The fourth-order valence-corrected chi connectivity index (χ4v) is 2.84. The van der Waals surface area contributed by atoms with Gasteiger partial charge in [0, 0.05) is 5.69 Å². The average Bonchev–Trinajstić information content (AvgIpc) is 2.58. The minimum Gasteiger partial charge on any atom is -0.317 e. The van der Waals surface area contributed by atoms with Gasteiger partial charge in [-0.3, -0.25) is 0 Å². The molecule has 1 aliphatic heterocycles. The van der Waals surface area contributed by atoms with E-state index in [0.717, 1.165) is 25.9 Å². The zero-order valence-electron chi connectivity index (χ0n) is 12.8. The molecule has 0 unspecified atom stereocenters. The van der Waals surface area contributed by atoms with Crippen molar-refractivity contribution in [1.82, 2.24) is 5.32 Å². The Labute approximate surface area is 135 Å². The van der Waals surface area contributed by atoms with Crippen LogP contribution in [0.15, 0.2) is 48.5 Å². The summed E-state index contributed by atoms with van der Waals surface area (Å²) < 4.78 is 13.5. The Hall–Kier alpha value is -2.40. The number of hydrogen-bond donors (Lipinski definition) is 3. The second kappa shape index (κ2) is 7.24. The minimum atomic E-state index is -0.455. The number of piperidine rings is 1. The van der Waals surface area contributed by atoms with Gasteiger partial charge >= 0.3 is 6.03 Å². The molecule has 0 aromatic heterocycles. The predicted molar refractivity (Wildman–Crippen MR) is 90.3 cm³/mol. The Balaban J connectivity index is 1.59. The van der Waals surface area contributed by atoms with Crippen molar-refractivity contribution >= 4 is 17.4 Å². The monoisotopic (exact) mass is 313 g/mol. The number of para-hydroxylation sites is 1. The zero-order valence-corrected chi connectivity index (χ0v) is 12.8. The van der Waals surface area contributed by atoms with Gasteiger partial charge in [0.15, 0.2) is 0 Å². The summed E-state index contributed by atoms with van der Waals surface area (Å²) >= 11 is 0. The molecule has 1 heterocycles. The molecule has 23 heavy (non-hydrogen) atoms. The third kappa shape index (κ3) is 4.07. The van der Waals surface area contributed by atoms with Crippen molar-refractivity contribution in [2.75, 3.05) is 23.7 Å². The lowest BCUT2D eigenvalue weighted by Gasteiger charge is -2.23. The summed E-state index contributed by atoms with van der Waals surface area (Å²) in [6, 6.07) is 13.5. The van der Waals surface area contributed by atoms with E-state index in [0.29, 0.717) is 11.6 Å². The fourth-order valence-electron chi connectivity index (χ4n) is 2.84. The lowest BCUT2D eigenvalue weighted by atomic mass is 9.90. The van der Waals surface area contributed by atoms with Gasteiger partial charge in [-0.25, -0.2) is 9.18 Å². The molecule has 120 valence electrons. The third-order valence-corrected chi connectivity index (χ3v) is 4.10. The van der Waals surface area contributed by atoms with Crippen LogP contribution < -0.4 is 16.0 Å². The number of carbonyl (C=O) groups excluding carboxylic acids is 1. The zero-order chi connectivity index (χ0) is 16.1. The van der Waals surface area contributed by atoms with E-state index in [1.54, 1.807) is 12.1 Å². The maximum atomic E-state index is 13.5. The van der Waals surface area contributed by atoms with Crippen LogP contribution in [-0.4, -0.2) is 19.1 Å². The standard InChI is InChI=1S/C18H20FN3O/c19-16-3-1-2-4-17(16)22-18(23)21-15-7-5-13(6-8-15)14-9-11-20-12-10-14/h1-8,14,20H,9-12H2,(H2,21,22,23). The highest BCUT2D eigenvalue weighted by Gasteiger charge is 2.15. The molecular weight excluding hydrogens is 293 g/mol. The highest BCUT2D eigenvalue weighted by Crippen LogP contribution is 2.26. The van der Waals surface area contributed by atoms with Crippen molar-refractivity contribution in [2.24, 2.45) is 0 Å². The van der Waals surface area contributed by atoms with Crippen LogP contribution in [0, 0.1) is 5.82 Å². The summed E-state index contributed by atoms with van der Waals surface area (Å²) in [4.78, 5) is 11.9. The summed E-state index contributed by atoms with van der Waals surface area (Å²) in [5.74, 6) is 0.126. The maximum absolute atomic E-state index is 13.5. The molecule has 0 bridgehead atoms. The number of rotatable bonds is 3. The van der Waals surface area contributed by atoms with Crippen LogP contribution >= 0.6 is 0 Å². The van der Waals surface area contributed by atoms with Gasteiger partial charge in [0.05, 0.1) is 5.69 Å². The maximum Gasteiger partial charge on any atom is 0.323 e. The number of amides is 2. The fraction of sp³-hybridized carbons (Fsp3) is 0.278. The predicted octanol–water partition coefficient (Wildman–Crippen LogP) is 3.94. The molecule has 0 aliphatic carbocycles. The molecule has 3 rings (SSSR count). The van der Waals surface area contributed by atoms with Gasteiger partial charge in [0.25, 0.3) is 0 Å². The molecular formula is C18H20FN3O. The molecule has 2 aromatic rings. The molecule has 4 nitrogen and oxygen atoms in total. The Morgan fingerprint density at radius 2 is 1.70 bits per heavy atom. The van der Waals surface area contributed by atoms with E-state index in [1.807, 2.05) is 12.1 Å². The van der Waals surface area contributed by atoms with Crippen LogP contribution in [0.4, 0.5) is 20.6 Å². The normalized spacial score (nSPS) is 15.2. The number of benzene rings is 2. The summed E-state index contributed by atoms with van der Waals surface area (Å²) in [7, 11) is 0. The van der Waals surface area contributed by atoms with Crippen LogP contribution in [0.25, 0.3) is 0 Å². The largest absolute Gasteiger partial charge is 0.323 e. The summed E-state index contributed by atoms with van der Waals surface area (Å²) in [5.41, 5.74) is 2.15. The van der Waals surface area contributed by atoms with Crippen LogP contribution in [0.1, 0.15) is 24.3 Å². The van der Waals surface area contributed by atoms with E-state index in [2.05, 4.69) is 28.1 Å². The first-order valence-corrected chi connectivity index (χ1v) is 7.85. The molecule has 1 saturated heterocycles. The number of urea groups is 1. The lowest BCUT2D eigenvalue weighted by Crippen LogP contribution is -2.26. The lowest BCUT2D eigenvalue weighted by molar-refractivity contribution is 0.262. The van der Waals surface area contributed by atoms with E-state index in [1.165, 1.54) is 17.7 Å². The molecule has 0 atom stereocenters. The van der Waals surface area contributed by atoms with Crippen LogP contribution in [0.5, 0.6) is 0 Å². The van der Waals surface area contributed by atoms with Crippen LogP contribution in [0.3, 0.4) is 0 Å². The Bertz CT molecular complexity index is 666. The van der Waals surface area contributed by atoms with E-state index in [-0.39, 0.29) is 5.69 Å². The summed E-state index contributed by atoms with van der Waals surface area (Å²) in [6.45, 7) is 2.10. The van der Waals surface area contributed by atoms with Crippen molar-refractivity contribution in [3.63, 3.8) is 0 Å². The molecule has 1 aliphatic rings. The average molecular weight is 313 g/mol. The SMILES string of the molecule is O=C(Nc1ccc(C2CCNCC2)cc1)Nc1ccccc1F. The quantitative estimate of drug-likeness (QED) is 0.804. The smallest absolute Gasteiger partial charge is 0.317 e. The first-order chi connectivity index (χ1) is 11.2. The van der Waals surface area contributed by atoms with Crippen molar-refractivity contribution in [1.29, 1.82) is 0 Å². The minimum absolute atomic E-state index is 0.163. The molecule has 1 fully saturated rings. The van der Waals surface area contributed by atoms with E-state index >= 15 is 0 Å². The number of nitrogens with one attached hydrogen (secondary N) is 3. The molecule has 5 heteroatoms. The molecule has 0 radical (unpaired) electrons. The Morgan fingerprint density at radius 3 is 2.39 bits per heavy atom. The van der Waals surface area contributed by atoms with Crippen molar-refractivity contribution in [3.8, 4) is 0 Å². The first-order valence-electron chi connectivity index (χ1n) is 7.85. The van der Waals surface area contributed by atoms with Gasteiger partial charge in [-0.2, -0.15) is 0 Å². The second-order valence-electron chi connectivity index (χ2n) is 5.71. The number of halogens is 1. The number of carbonyl (C=O) groups is 1. The molecule has 0 spiro atoms. The van der Waals surface area contributed by atoms with Gasteiger partial charge in [0.2, 0.25) is 0 Å². The molecule has 2 amide bonds. The third-order valence-electron chi connectivity index (χ3n) is 4.10. The first kappa shape index (κ1) is 15.5. The van der Waals surface area contributed by atoms with E-state index in [4.69, 9.17) is 0 Å². The van der Waals surface area contributed by atoms with Crippen molar-refractivity contribution in [2.45, 2.75) is 18.8 Å². The number of anilines is 2. The van der Waals surface area contributed by atoms with Gasteiger partial charge < -0.3 is 16.0 Å². The van der Waals surface area contributed by atoms with Crippen molar-refractivity contribution < 1.29 is 9.18 Å². The molecule has 3 N–H and O–H groups in total. The molecule has 0 saturated carbocycles. The second-order valence-corrected chi connectivity index (χ2v) is 5.71. The summed E-state index contributed by atoms with van der Waals surface area (Å²) in [6.07, 6.45) is 2.28. The van der Waals surface area contributed by atoms with Crippen LogP contribution in [0.2, 0.25) is 0 Å². The summed E-state index contributed by atoms with van der Waals surface area (Å²) in [5, 5.41) is 8.58.